The summed E-state index contributed by atoms with van der Waals surface area (Å²) in [6.07, 6.45) is 0. The summed E-state index contributed by atoms with van der Waals surface area (Å²) in [7, 11) is 0. The van der Waals surface area contributed by atoms with Gasteiger partial charge in [0, 0.05) is 0 Å². The standard InChI is InChI=1S/C12H6O4/c13-12-7-4-6-2-1-3-8(16-12)9(6)11-10(7)14-5-15-11/h1-4H,5H2. The second kappa shape index (κ2) is 2.47. The van der Waals surface area contributed by atoms with Crippen molar-refractivity contribution in [2.75, 3.05) is 6.79 Å². The number of benzene rings is 2. The van der Waals surface area contributed by atoms with Gasteiger partial charge in [0.05, 0.1) is 5.39 Å². The maximum atomic E-state index is 11.8. The Balaban J connectivity index is 2.30. The van der Waals surface area contributed by atoms with Crippen LogP contribution in [0.25, 0.3) is 10.8 Å². The van der Waals surface area contributed by atoms with E-state index >= 15 is 0 Å². The molecule has 2 aromatic rings. The first kappa shape index (κ1) is 7.98. The Hall–Kier alpha value is -2.23. The van der Waals surface area contributed by atoms with Crippen LogP contribution in [0.15, 0.2) is 24.3 Å². The number of hydrogen-bond acceptors (Lipinski definition) is 4. The molecule has 78 valence electrons. The Bertz CT molecular complexity index is 645. The Morgan fingerprint density at radius 3 is 2.94 bits per heavy atom. The van der Waals surface area contributed by atoms with Crippen molar-refractivity contribution in [1.82, 2.24) is 0 Å². The zero-order chi connectivity index (χ0) is 10.7. The number of ether oxygens (including phenoxy) is 3. The number of carbonyl (C=O) groups excluding carboxylic acids is 1. The number of hydrogen-bond donors (Lipinski definition) is 0. The summed E-state index contributed by atoms with van der Waals surface area (Å²) in [5.41, 5.74) is 0.432. The van der Waals surface area contributed by atoms with Crippen molar-refractivity contribution in [3.8, 4) is 17.2 Å². The first-order valence-corrected chi connectivity index (χ1v) is 4.92. The maximum absolute atomic E-state index is 11.8. The zero-order valence-corrected chi connectivity index (χ0v) is 8.15. The molecule has 4 nitrogen and oxygen atoms in total. The Kier molecular flexibility index (Phi) is 1.23. The van der Waals surface area contributed by atoms with E-state index in [0.717, 1.165) is 10.8 Å². The van der Waals surface area contributed by atoms with Crippen LogP contribution >= 0.6 is 0 Å². The molecule has 4 bridgehead atoms. The maximum Gasteiger partial charge on any atom is 0.347 e. The molecular formula is C12H6O4. The van der Waals surface area contributed by atoms with Gasteiger partial charge in [-0.3, -0.25) is 0 Å². The van der Waals surface area contributed by atoms with Gasteiger partial charge in [-0.05, 0) is 17.5 Å². The molecular weight excluding hydrogens is 208 g/mol. The van der Waals surface area contributed by atoms with Crippen molar-refractivity contribution < 1.29 is 19.0 Å². The molecule has 4 heteroatoms. The summed E-state index contributed by atoms with van der Waals surface area (Å²) in [6, 6.07) is 7.31. The van der Waals surface area contributed by atoms with Crippen LogP contribution in [0.4, 0.5) is 0 Å². The van der Waals surface area contributed by atoms with Gasteiger partial charge in [-0.25, -0.2) is 4.79 Å². The summed E-state index contributed by atoms with van der Waals surface area (Å²) in [6.45, 7) is 0.156. The van der Waals surface area contributed by atoms with E-state index in [9.17, 15) is 4.79 Å². The summed E-state index contributed by atoms with van der Waals surface area (Å²) >= 11 is 0. The van der Waals surface area contributed by atoms with Gasteiger partial charge in [-0.1, -0.05) is 12.1 Å². The Morgan fingerprint density at radius 1 is 1.12 bits per heavy atom. The fourth-order valence-corrected chi connectivity index (χ4v) is 2.19. The van der Waals surface area contributed by atoms with Gasteiger partial charge in [0.25, 0.3) is 0 Å². The minimum atomic E-state index is -0.391. The molecule has 3 heterocycles. The van der Waals surface area contributed by atoms with Crippen LogP contribution in [0, 0.1) is 0 Å². The highest BCUT2D eigenvalue weighted by molar-refractivity contribution is 6.09. The number of carbonyl (C=O) groups is 1. The van der Waals surface area contributed by atoms with Crippen LogP contribution < -0.4 is 14.2 Å². The molecule has 0 atom stereocenters. The van der Waals surface area contributed by atoms with E-state index in [1.54, 1.807) is 12.1 Å². The van der Waals surface area contributed by atoms with E-state index < -0.39 is 5.97 Å². The van der Waals surface area contributed by atoms with Crippen molar-refractivity contribution in [2.45, 2.75) is 0 Å². The molecule has 0 radical (unpaired) electrons. The van der Waals surface area contributed by atoms with Crippen molar-refractivity contribution >= 4 is 16.7 Å². The average Bonchev–Trinajstić information content (AvgIpc) is 2.71. The molecule has 0 fully saturated rings. The van der Waals surface area contributed by atoms with Gasteiger partial charge < -0.3 is 14.2 Å². The third-order valence-electron chi connectivity index (χ3n) is 2.87. The van der Waals surface area contributed by atoms with Gasteiger partial charge in [0.2, 0.25) is 6.79 Å². The van der Waals surface area contributed by atoms with E-state index in [0.29, 0.717) is 22.8 Å². The average molecular weight is 214 g/mol. The number of fused-ring (bicyclic) bond motifs is 1. The molecule has 0 aliphatic carbocycles. The zero-order valence-electron chi connectivity index (χ0n) is 8.15. The number of rotatable bonds is 0. The summed E-state index contributed by atoms with van der Waals surface area (Å²) in [5.74, 6) is 1.26. The first-order valence-electron chi connectivity index (χ1n) is 4.92. The van der Waals surface area contributed by atoms with Gasteiger partial charge >= 0.3 is 5.97 Å². The molecule has 0 spiro atoms. The molecule has 0 N–H and O–H groups in total. The topological polar surface area (TPSA) is 44.8 Å². The van der Waals surface area contributed by atoms with Crippen LogP contribution in [-0.4, -0.2) is 12.8 Å². The molecule has 0 saturated carbocycles. The van der Waals surface area contributed by atoms with E-state index in [4.69, 9.17) is 14.2 Å². The summed E-state index contributed by atoms with van der Waals surface area (Å²) in [5, 5.41) is 1.74. The smallest absolute Gasteiger partial charge is 0.347 e. The molecule has 5 rings (SSSR count). The highest BCUT2D eigenvalue weighted by Crippen LogP contribution is 2.48. The quantitative estimate of drug-likeness (QED) is 0.497. The van der Waals surface area contributed by atoms with Crippen LogP contribution in [0.1, 0.15) is 10.4 Å². The Labute approximate surface area is 90.3 Å². The highest BCUT2D eigenvalue weighted by atomic mass is 16.7. The lowest BCUT2D eigenvalue weighted by atomic mass is 10.1. The van der Waals surface area contributed by atoms with E-state index in [1.807, 2.05) is 12.1 Å². The Morgan fingerprint density at radius 2 is 2.00 bits per heavy atom. The lowest BCUT2D eigenvalue weighted by molar-refractivity contribution is 0.0733. The fourth-order valence-electron chi connectivity index (χ4n) is 2.19. The molecule has 3 aliphatic heterocycles. The SMILES string of the molecule is O=C1Oc2cccc3cc1c1c(c23)OCO1. The summed E-state index contributed by atoms with van der Waals surface area (Å²) in [4.78, 5) is 11.8. The van der Waals surface area contributed by atoms with E-state index in [2.05, 4.69) is 0 Å². The van der Waals surface area contributed by atoms with Crippen molar-refractivity contribution in [1.29, 1.82) is 0 Å². The minimum absolute atomic E-state index is 0.156. The molecule has 3 aliphatic rings. The predicted molar refractivity (Wildman–Crippen MR) is 55.0 cm³/mol. The molecule has 16 heavy (non-hydrogen) atoms. The van der Waals surface area contributed by atoms with E-state index in [-0.39, 0.29) is 6.79 Å². The minimum Gasteiger partial charge on any atom is -0.453 e. The molecule has 0 saturated heterocycles. The lowest BCUT2D eigenvalue weighted by Gasteiger charge is -2.02. The molecule has 2 aromatic carbocycles. The van der Waals surface area contributed by atoms with Crippen LogP contribution in [0.5, 0.6) is 17.2 Å². The van der Waals surface area contributed by atoms with Gasteiger partial charge in [0.1, 0.15) is 11.3 Å². The second-order valence-electron chi connectivity index (χ2n) is 3.73. The highest BCUT2D eigenvalue weighted by Gasteiger charge is 2.31. The molecule has 0 unspecified atom stereocenters. The van der Waals surface area contributed by atoms with Crippen molar-refractivity contribution in [2.24, 2.45) is 0 Å². The first-order chi connectivity index (χ1) is 7.84. The van der Waals surface area contributed by atoms with Crippen LogP contribution in [0.3, 0.4) is 0 Å². The summed E-state index contributed by atoms with van der Waals surface area (Å²) < 4.78 is 16.0. The molecule has 0 aromatic heterocycles. The van der Waals surface area contributed by atoms with Crippen LogP contribution in [0.2, 0.25) is 0 Å². The van der Waals surface area contributed by atoms with Gasteiger partial charge in [-0.2, -0.15) is 0 Å². The van der Waals surface area contributed by atoms with Crippen molar-refractivity contribution in [3.63, 3.8) is 0 Å². The molecule has 0 amide bonds. The van der Waals surface area contributed by atoms with E-state index in [1.165, 1.54) is 0 Å². The van der Waals surface area contributed by atoms with Crippen molar-refractivity contribution in [3.05, 3.63) is 29.8 Å². The normalized spacial score (nSPS) is 15.6. The lowest BCUT2D eigenvalue weighted by Crippen LogP contribution is -2.07. The van der Waals surface area contributed by atoms with Gasteiger partial charge in [-0.15, -0.1) is 0 Å². The largest absolute Gasteiger partial charge is 0.453 e. The fraction of sp³-hybridized carbons (Fsp3) is 0.0833. The third kappa shape index (κ3) is 0.782. The van der Waals surface area contributed by atoms with Gasteiger partial charge in [0.15, 0.2) is 11.5 Å². The third-order valence-corrected chi connectivity index (χ3v) is 2.87. The van der Waals surface area contributed by atoms with Crippen LogP contribution in [-0.2, 0) is 0 Å². The second-order valence-corrected chi connectivity index (χ2v) is 3.73. The predicted octanol–water partition coefficient (Wildman–Crippen LogP) is 2.10. The number of esters is 1. The monoisotopic (exact) mass is 214 g/mol.